The average Bonchev–Trinajstić information content (AvgIpc) is 2.42. The number of aromatic carboxylic acids is 1. The number of carboxylic acids is 1. The summed E-state index contributed by atoms with van der Waals surface area (Å²) in [6.07, 6.45) is 1.05. The van der Waals surface area contributed by atoms with Crippen LogP contribution >= 0.6 is 23.2 Å². The zero-order chi connectivity index (χ0) is 15.6. The number of nitro groups is 1. The maximum Gasteiger partial charge on any atom is 0.335 e. The summed E-state index contributed by atoms with van der Waals surface area (Å²) in [6.45, 7) is 0. The molecule has 2 aromatic rings. The summed E-state index contributed by atoms with van der Waals surface area (Å²) in [7, 11) is 0. The van der Waals surface area contributed by atoms with Gasteiger partial charge in [-0.3, -0.25) is 10.1 Å². The topological polar surface area (TPSA) is 105 Å². The first-order chi connectivity index (χ1) is 9.88. The molecular weight excluding hydrogens is 321 g/mol. The number of rotatable bonds is 4. The molecule has 2 N–H and O–H groups in total. The van der Waals surface area contributed by atoms with Crippen molar-refractivity contribution >= 4 is 46.4 Å². The van der Waals surface area contributed by atoms with E-state index < -0.39 is 10.9 Å². The van der Waals surface area contributed by atoms with Crippen molar-refractivity contribution in [2.75, 3.05) is 5.32 Å². The molecule has 0 bridgehead atoms. The molecule has 0 aliphatic heterocycles. The van der Waals surface area contributed by atoms with Crippen LogP contribution in [0.25, 0.3) is 0 Å². The zero-order valence-electron chi connectivity index (χ0n) is 10.2. The van der Waals surface area contributed by atoms with Crippen molar-refractivity contribution in [3.8, 4) is 0 Å². The van der Waals surface area contributed by atoms with Crippen molar-refractivity contribution in [1.82, 2.24) is 4.98 Å². The molecule has 108 valence electrons. The lowest BCUT2D eigenvalue weighted by molar-refractivity contribution is -0.385. The molecule has 0 saturated heterocycles. The number of hydrogen-bond donors (Lipinski definition) is 2. The average molecular weight is 328 g/mol. The van der Waals surface area contributed by atoms with Crippen LogP contribution < -0.4 is 5.32 Å². The molecule has 1 aromatic carbocycles. The van der Waals surface area contributed by atoms with Gasteiger partial charge in [-0.1, -0.05) is 23.2 Å². The maximum atomic E-state index is 10.8. The molecule has 1 heterocycles. The summed E-state index contributed by atoms with van der Waals surface area (Å²) in [6, 6.07) is 5.23. The highest BCUT2D eigenvalue weighted by Gasteiger charge is 2.13. The van der Waals surface area contributed by atoms with E-state index in [1.165, 1.54) is 18.2 Å². The Labute approximate surface area is 128 Å². The summed E-state index contributed by atoms with van der Waals surface area (Å²) in [5.41, 5.74) is 0.177. The maximum absolute atomic E-state index is 10.8. The molecule has 0 fully saturated rings. The van der Waals surface area contributed by atoms with Crippen LogP contribution in [0.3, 0.4) is 0 Å². The number of nitrogens with zero attached hydrogens (tertiary/aromatic N) is 2. The number of hydrogen-bond acceptors (Lipinski definition) is 5. The van der Waals surface area contributed by atoms with Crippen LogP contribution in [-0.4, -0.2) is 21.0 Å². The molecule has 9 heteroatoms. The second-order valence-corrected chi connectivity index (χ2v) is 4.72. The lowest BCUT2D eigenvalue weighted by Gasteiger charge is -2.09. The molecule has 7 nitrogen and oxygen atoms in total. The molecule has 0 aliphatic carbocycles. The molecule has 0 amide bonds. The zero-order valence-corrected chi connectivity index (χ0v) is 11.7. The third-order valence-electron chi connectivity index (χ3n) is 2.51. The highest BCUT2D eigenvalue weighted by molar-refractivity contribution is 6.35. The van der Waals surface area contributed by atoms with Crippen molar-refractivity contribution in [3.63, 3.8) is 0 Å². The van der Waals surface area contributed by atoms with Gasteiger partial charge in [0, 0.05) is 6.07 Å². The third kappa shape index (κ3) is 3.39. The Bertz CT molecular complexity index is 675. The molecule has 0 atom stereocenters. The van der Waals surface area contributed by atoms with Crippen LogP contribution in [0, 0.1) is 10.1 Å². The molecule has 2 rings (SSSR count). The molecule has 1 aromatic heterocycles. The monoisotopic (exact) mass is 327 g/mol. The van der Waals surface area contributed by atoms with E-state index in [2.05, 4.69) is 10.3 Å². The van der Waals surface area contributed by atoms with Gasteiger partial charge in [-0.15, -0.1) is 0 Å². The predicted octanol–water partition coefficient (Wildman–Crippen LogP) is 3.74. The van der Waals surface area contributed by atoms with Crippen LogP contribution in [0.4, 0.5) is 17.2 Å². The van der Waals surface area contributed by atoms with Crippen molar-refractivity contribution in [3.05, 3.63) is 56.2 Å². The number of nitrogens with one attached hydrogen (secondary N) is 1. The van der Waals surface area contributed by atoms with E-state index in [4.69, 9.17) is 28.3 Å². The lowest BCUT2D eigenvalue weighted by Crippen LogP contribution is -2.00. The molecule has 21 heavy (non-hydrogen) atoms. The Morgan fingerprint density at radius 1 is 1.29 bits per heavy atom. The number of carboxylic acid groups (broad SMARTS) is 1. The van der Waals surface area contributed by atoms with Gasteiger partial charge < -0.3 is 10.4 Å². The normalized spacial score (nSPS) is 10.2. The molecule has 0 saturated carbocycles. The quantitative estimate of drug-likeness (QED) is 0.654. The van der Waals surface area contributed by atoms with Crippen LogP contribution in [0.2, 0.25) is 10.0 Å². The highest BCUT2D eigenvalue weighted by atomic mass is 35.5. The SMILES string of the molecule is O=C(O)c1ccc(Nc2ncc([N+](=O)[O-])cc2Cl)c(Cl)c1. The predicted molar refractivity (Wildman–Crippen MR) is 77.6 cm³/mol. The van der Waals surface area contributed by atoms with Crippen LogP contribution in [0.5, 0.6) is 0 Å². The number of pyridine rings is 1. The van der Waals surface area contributed by atoms with E-state index >= 15 is 0 Å². The van der Waals surface area contributed by atoms with Crippen LogP contribution in [0.1, 0.15) is 10.4 Å². The Morgan fingerprint density at radius 3 is 2.52 bits per heavy atom. The Hall–Kier alpha value is -2.38. The standard InChI is InChI=1S/C12H7Cl2N3O4/c13-8-3-6(12(18)19)1-2-10(8)16-11-9(14)4-7(5-15-11)17(20)21/h1-5H,(H,15,16)(H,18,19). The summed E-state index contributed by atoms with van der Waals surface area (Å²) >= 11 is 11.8. The van der Waals surface area contributed by atoms with E-state index in [1.54, 1.807) is 0 Å². The van der Waals surface area contributed by atoms with E-state index in [1.807, 2.05) is 0 Å². The number of anilines is 2. The molecule has 0 spiro atoms. The fourth-order valence-electron chi connectivity index (χ4n) is 1.50. The second-order valence-electron chi connectivity index (χ2n) is 3.91. The minimum atomic E-state index is -1.10. The lowest BCUT2D eigenvalue weighted by atomic mass is 10.2. The summed E-state index contributed by atoms with van der Waals surface area (Å²) in [5, 5.41) is 22.4. The Kier molecular flexibility index (Phi) is 4.25. The van der Waals surface area contributed by atoms with E-state index in [0.29, 0.717) is 5.69 Å². The summed E-state index contributed by atoms with van der Waals surface area (Å²) in [5.74, 6) is -0.929. The van der Waals surface area contributed by atoms with Gasteiger partial charge in [0.25, 0.3) is 5.69 Å². The van der Waals surface area contributed by atoms with Gasteiger partial charge in [-0.05, 0) is 18.2 Å². The second kappa shape index (κ2) is 5.94. The summed E-state index contributed by atoms with van der Waals surface area (Å²) < 4.78 is 0. The highest BCUT2D eigenvalue weighted by Crippen LogP contribution is 2.30. The largest absolute Gasteiger partial charge is 0.478 e. The smallest absolute Gasteiger partial charge is 0.335 e. The van der Waals surface area contributed by atoms with Crippen molar-refractivity contribution < 1.29 is 14.8 Å². The van der Waals surface area contributed by atoms with Gasteiger partial charge in [-0.25, -0.2) is 9.78 Å². The number of benzene rings is 1. The first-order valence-electron chi connectivity index (χ1n) is 5.48. The van der Waals surface area contributed by atoms with E-state index in [-0.39, 0.29) is 27.1 Å². The van der Waals surface area contributed by atoms with Gasteiger partial charge >= 0.3 is 5.97 Å². The molecule has 0 unspecified atom stereocenters. The first-order valence-corrected chi connectivity index (χ1v) is 6.24. The molecule has 0 radical (unpaired) electrons. The fraction of sp³-hybridized carbons (Fsp3) is 0. The molecule has 0 aliphatic rings. The van der Waals surface area contributed by atoms with Crippen molar-refractivity contribution in [1.29, 1.82) is 0 Å². The van der Waals surface area contributed by atoms with Gasteiger partial charge in [-0.2, -0.15) is 0 Å². The third-order valence-corrected chi connectivity index (χ3v) is 3.11. The van der Waals surface area contributed by atoms with Crippen LogP contribution in [0.15, 0.2) is 30.5 Å². The van der Waals surface area contributed by atoms with Gasteiger partial charge in [0.15, 0.2) is 0 Å². The minimum Gasteiger partial charge on any atom is -0.478 e. The van der Waals surface area contributed by atoms with Gasteiger partial charge in [0.05, 0.1) is 26.2 Å². The Morgan fingerprint density at radius 2 is 2.00 bits per heavy atom. The molecular formula is C12H7Cl2N3O4. The first kappa shape index (κ1) is 15.0. The number of halogens is 2. The Balaban J connectivity index is 2.30. The van der Waals surface area contributed by atoms with Crippen molar-refractivity contribution in [2.24, 2.45) is 0 Å². The van der Waals surface area contributed by atoms with E-state index in [9.17, 15) is 14.9 Å². The number of aromatic nitrogens is 1. The summed E-state index contributed by atoms with van der Waals surface area (Å²) in [4.78, 5) is 24.6. The minimum absolute atomic E-state index is 0.0355. The number of carbonyl (C=O) groups is 1. The van der Waals surface area contributed by atoms with Crippen molar-refractivity contribution in [2.45, 2.75) is 0 Å². The van der Waals surface area contributed by atoms with Crippen LogP contribution in [-0.2, 0) is 0 Å². The van der Waals surface area contributed by atoms with Gasteiger partial charge in [0.1, 0.15) is 12.0 Å². The van der Waals surface area contributed by atoms with Gasteiger partial charge in [0.2, 0.25) is 0 Å². The fourth-order valence-corrected chi connectivity index (χ4v) is 1.93. The van der Waals surface area contributed by atoms with E-state index in [0.717, 1.165) is 12.3 Å².